The van der Waals surface area contributed by atoms with Crippen LogP contribution < -0.4 is 10.6 Å². The van der Waals surface area contributed by atoms with Crippen LogP contribution in [0.5, 0.6) is 0 Å². The molecule has 1 atom stereocenters. The Balaban J connectivity index is 2.23. The van der Waals surface area contributed by atoms with Gasteiger partial charge in [0.15, 0.2) is 5.78 Å². The van der Waals surface area contributed by atoms with E-state index in [1.807, 2.05) is 13.0 Å². The summed E-state index contributed by atoms with van der Waals surface area (Å²) in [6.45, 7) is 7.33. The molecule has 1 unspecified atom stereocenters. The van der Waals surface area contributed by atoms with Gasteiger partial charge in [-0.25, -0.2) is 0 Å². The van der Waals surface area contributed by atoms with Crippen molar-refractivity contribution in [3.8, 4) is 0 Å². The lowest BCUT2D eigenvalue weighted by molar-refractivity contribution is 0.0993. The smallest absolute Gasteiger partial charge is 0.174 e. The van der Waals surface area contributed by atoms with Crippen molar-refractivity contribution in [3.63, 3.8) is 0 Å². The highest BCUT2D eigenvalue weighted by atomic mass is 32.1. The molecule has 0 saturated carbocycles. The lowest BCUT2D eigenvalue weighted by Gasteiger charge is -2.28. The molecule has 1 aromatic heterocycles. The van der Waals surface area contributed by atoms with Crippen LogP contribution in [-0.2, 0) is 0 Å². The number of carbonyl (C=O) groups is 1. The van der Waals surface area contributed by atoms with Crippen LogP contribution in [0, 0.1) is 0 Å². The van der Waals surface area contributed by atoms with Crippen LogP contribution in [0.2, 0.25) is 0 Å². The van der Waals surface area contributed by atoms with Gasteiger partial charge in [-0.1, -0.05) is 6.92 Å². The maximum atomic E-state index is 11.8. The standard InChI is InChI=1S/C14H23N3OS/c1-4-12(18)14-11(15)8-13(19-14)17-7-5-6-16(3)9-10(17)2/h8,10H,4-7,9,15H2,1-3H3. The summed E-state index contributed by atoms with van der Waals surface area (Å²) in [6.07, 6.45) is 1.66. The summed E-state index contributed by atoms with van der Waals surface area (Å²) < 4.78 is 0. The molecule has 19 heavy (non-hydrogen) atoms. The maximum Gasteiger partial charge on any atom is 0.174 e. The first kappa shape index (κ1) is 14.3. The van der Waals surface area contributed by atoms with E-state index >= 15 is 0 Å². The van der Waals surface area contributed by atoms with Crippen molar-refractivity contribution in [1.29, 1.82) is 0 Å². The number of Topliss-reactive ketones (excluding diaryl/α,β-unsaturated/α-hetero) is 1. The third-order valence-electron chi connectivity index (χ3n) is 3.65. The van der Waals surface area contributed by atoms with Gasteiger partial charge in [-0.05, 0) is 33.0 Å². The Hall–Kier alpha value is -1.07. The molecular weight excluding hydrogens is 258 g/mol. The largest absolute Gasteiger partial charge is 0.397 e. The van der Waals surface area contributed by atoms with E-state index in [1.54, 1.807) is 11.3 Å². The molecular formula is C14H23N3OS. The molecule has 5 heteroatoms. The Morgan fingerprint density at radius 3 is 2.95 bits per heavy atom. The predicted octanol–water partition coefficient (Wildman–Crippen LogP) is 2.45. The highest BCUT2D eigenvalue weighted by molar-refractivity contribution is 7.18. The molecule has 2 rings (SSSR count). The van der Waals surface area contributed by atoms with Crippen molar-refractivity contribution in [1.82, 2.24) is 4.90 Å². The Labute approximate surface area is 119 Å². The van der Waals surface area contributed by atoms with Crippen molar-refractivity contribution >= 4 is 27.8 Å². The molecule has 0 aliphatic carbocycles. The molecule has 106 valence electrons. The number of nitrogens with zero attached hydrogens (tertiary/aromatic N) is 2. The zero-order valence-corrected chi connectivity index (χ0v) is 12.8. The Morgan fingerprint density at radius 1 is 1.53 bits per heavy atom. The average molecular weight is 281 g/mol. The minimum absolute atomic E-state index is 0.147. The van der Waals surface area contributed by atoms with Crippen molar-refractivity contribution in [3.05, 3.63) is 10.9 Å². The van der Waals surface area contributed by atoms with E-state index in [1.165, 1.54) is 0 Å². The molecule has 1 aliphatic rings. The number of thiophene rings is 1. The fourth-order valence-electron chi connectivity index (χ4n) is 2.61. The van der Waals surface area contributed by atoms with E-state index in [4.69, 9.17) is 5.73 Å². The van der Waals surface area contributed by atoms with Gasteiger partial charge in [0.1, 0.15) is 0 Å². The van der Waals surface area contributed by atoms with Crippen molar-refractivity contribution < 1.29 is 4.79 Å². The molecule has 0 amide bonds. The molecule has 1 fully saturated rings. The van der Waals surface area contributed by atoms with Crippen LogP contribution >= 0.6 is 11.3 Å². The number of carbonyl (C=O) groups excluding carboxylic acids is 1. The maximum absolute atomic E-state index is 11.8. The predicted molar refractivity (Wildman–Crippen MR) is 82.3 cm³/mol. The van der Waals surface area contributed by atoms with Crippen LogP contribution in [0.3, 0.4) is 0 Å². The molecule has 0 bridgehead atoms. The number of rotatable bonds is 3. The first-order valence-electron chi connectivity index (χ1n) is 6.90. The molecule has 1 saturated heterocycles. The van der Waals surface area contributed by atoms with Gasteiger partial charge in [-0.3, -0.25) is 4.79 Å². The van der Waals surface area contributed by atoms with Crippen LogP contribution in [0.4, 0.5) is 10.7 Å². The highest BCUT2D eigenvalue weighted by Gasteiger charge is 2.23. The Kier molecular flexibility index (Phi) is 4.47. The zero-order chi connectivity index (χ0) is 14.0. The van der Waals surface area contributed by atoms with E-state index in [0.29, 0.717) is 18.2 Å². The second-order valence-corrected chi connectivity index (χ2v) is 6.33. The molecule has 0 spiro atoms. The molecule has 1 aromatic rings. The quantitative estimate of drug-likeness (QED) is 0.865. The SMILES string of the molecule is CCC(=O)c1sc(N2CCCN(C)CC2C)cc1N. The number of likely N-dealkylation sites (N-methyl/N-ethyl adjacent to an activating group) is 1. The number of hydrogen-bond donors (Lipinski definition) is 1. The number of hydrogen-bond acceptors (Lipinski definition) is 5. The number of ketones is 1. The van der Waals surface area contributed by atoms with Crippen LogP contribution in [0.25, 0.3) is 0 Å². The number of nitrogen functional groups attached to an aromatic ring is 1. The molecule has 4 nitrogen and oxygen atoms in total. The number of nitrogens with two attached hydrogens (primary N) is 1. The Bertz CT molecular complexity index is 458. The second-order valence-electron chi connectivity index (χ2n) is 5.30. The minimum atomic E-state index is 0.147. The number of anilines is 2. The van der Waals surface area contributed by atoms with Gasteiger partial charge >= 0.3 is 0 Å². The van der Waals surface area contributed by atoms with E-state index in [0.717, 1.165) is 35.9 Å². The van der Waals surface area contributed by atoms with E-state index in [9.17, 15) is 4.79 Å². The van der Waals surface area contributed by atoms with Gasteiger partial charge < -0.3 is 15.5 Å². The summed E-state index contributed by atoms with van der Waals surface area (Å²) in [6, 6.07) is 2.42. The third kappa shape index (κ3) is 3.09. The first-order valence-corrected chi connectivity index (χ1v) is 7.72. The summed E-state index contributed by atoms with van der Waals surface area (Å²) >= 11 is 1.55. The summed E-state index contributed by atoms with van der Waals surface area (Å²) in [5.74, 6) is 0.147. The fraction of sp³-hybridized carbons (Fsp3) is 0.643. The Morgan fingerprint density at radius 2 is 2.26 bits per heavy atom. The topological polar surface area (TPSA) is 49.6 Å². The summed E-state index contributed by atoms with van der Waals surface area (Å²) in [7, 11) is 2.16. The monoisotopic (exact) mass is 281 g/mol. The van der Waals surface area contributed by atoms with E-state index < -0.39 is 0 Å². The first-order chi connectivity index (χ1) is 9.02. The molecule has 0 aromatic carbocycles. The van der Waals surface area contributed by atoms with Crippen LogP contribution in [-0.4, -0.2) is 43.4 Å². The summed E-state index contributed by atoms with van der Waals surface area (Å²) in [5.41, 5.74) is 6.62. The lowest BCUT2D eigenvalue weighted by Crippen LogP contribution is -2.37. The molecule has 1 aliphatic heterocycles. The highest BCUT2D eigenvalue weighted by Crippen LogP contribution is 2.34. The summed E-state index contributed by atoms with van der Waals surface area (Å²) in [4.78, 5) is 17.3. The second kappa shape index (κ2) is 5.92. The molecule has 2 heterocycles. The normalized spacial score (nSPS) is 21.4. The lowest BCUT2D eigenvalue weighted by atomic mass is 10.2. The minimum Gasteiger partial charge on any atom is -0.397 e. The fourth-order valence-corrected chi connectivity index (χ4v) is 3.83. The van der Waals surface area contributed by atoms with Crippen molar-refractivity contribution in [2.24, 2.45) is 0 Å². The van der Waals surface area contributed by atoms with E-state index in [-0.39, 0.29) is 5.78 Å². The van der Waals surface area contributed by atoms with Gasteiger partial charge in [0.05, 0.1) is 15.6 Å². The molecule has 0 radical (unpaired) electrons. The molecule has 2 N–H and O–H groups in total. The van der Waals surface area contributed by atoms with Gasteiger partial charge in [0, 0.05) is 25.6 Å². The van der Waals surface area contributed by atoms with Crippen LogP contribution in [0.15, 0.2) is 6.07 Å². The van der Waals surface area contributed by atoms with Crippen LogP contribution in [0.1, 0.15) is 36.4 Å². The summed E-state index contributed by atoms with van der Waals surface area (Å²) in [5, 5.41) is 1.14. The van der Waals surface area contributed by atoms with Crippen molar-refractivity contribution in [2.75, 3.05) is 37.3 Å². The average Bonchev–Trinajstić information content (AvgIpc) is 2.66. The van der Waals surface area contributed by atoms with E-state index in [2.05, 4.69) is 23.8 Å². The van der Waals surface area contributed by atoms with Gasteiger partial charge in [0.25, 0.3) is 0 Å². The van der Waals surface area contributed by atoms with Gasteiger partial charge in [-0.2, -0.15) is 0 Å². The zero-order valence-electron chi connectivity index (χ0n) is 12.0. The van der Waals surface area contributed by atoms with Gasteiger partial charge in [0.2, 0.25) is 0 Å². The third-order valence-corrected chi connectivity index (χ3v) is 4.88. The van der Waals surface area contributed by atoms with Gasteiger partial charge in [-0.15, -0.1) is 11.3 Å². The van der Waals surface area contributed by atoms with Crippen molar-refractivity contribution in [2.45, 2.75) is 32.7 Å².